The van der Waals surface area contributed by atoms with Crippen LogP contribution in [0, 0.1) is 0 Å². The van der Waals surface area contributed by atoms with E-state index in [0.29, 0.717) is 5.75 Å². The average molecular weight is 389 g/mol. The maximum absolute atomic E-state index is 9.79. The number of rotatable bonds is 12. The van der Waals surface area contributed by atoms with Crippen molar-refractivity contribution in [3.05, 3.63) is 29.8 Å². The Morgan fingerprint density at radius 1 is 0.864 bits per heavy atom. The predicted octanol–water partition coefficient (Wildman–Crippen LogP) is 7.25. The van der Waals surface area contributed by atoms with Gasteiger partial charge in [0.1, 0.15) is 5.75 Å². The van der Waals surface area contributed by atoms with E-state index in [-0.39, 0.29) is 22.2 Å². The minimum Gasteiger partial charge on any atom is -0.508 e. The number of phenolic OH excluding ortho intramolecular Hbond substituents is 1. The van der Waals surface area contributed by atoms with E-state index in [1.807, 2.05) is 18.2 Å². The lowest BCUT2D eigenvalue weighted by Gasteiger charge is -2.12. The lowest BCUT2D eigenvalue weighted by Crippen LogP contribution is -1.92. The van der Waals surface area contributed by atoms with Gasteiger partial charge in [0, 0.05) is 10.8 Å². The summed E-state index contributed by atoms with van der Waals surface area (Å²) in [7, 11) is 0. The lowest BCUT2D eigenvalue weighted by atomic mass is 10.0. The second-order valence-corrected chi connectivity index (χ2v) is 6.67. The number of hydrogen-bond acceptors (Lipinski definition) is 2. The Morgan fingerprint density at radius 3 is 1.91 bits per heavy atom. The molecule has 128 valence electrons. The van der Waals surface area contributed by atoms with Crippen LogP contribution in [0.2, 0.25) is 0 Å². The number of phenols is 1. The highest BCUT2D eigenvalue weighted by Gasteiger charge is 2.09. The van der Waals surface area contributed by atoms with Crippen molar-refractivity contribution in [3.63, 3.8) is 0 Å². The molecule has 1 unspecified atom stereocenters. The minimum atomic E-state index is 0. The third-order valence-corrected chi connectivity index (χ3v) is 4.66. The molecule has 0 fully saturated rings. The smallest absolute Gasteiger partial charge is 0.119 e. The summed E-state index contributed by atoms with van der Waals surface area (Å²) >= 11 is 4.62. The third-order valence-electron chi connectivity index (χ3n) is 4.13. The Morgan fingerprint density at radius 2 is 1.36 bits per heavy atom. The molecule has 1 N–H and O–H groups in total. The molecule has 0 saturated carbocycles. The van der Waals surface area contributed by atoms with Crippen LogP contribution in [0.4, 0.5) is 0 Å². The van der Waals surface area contributed by atoms with Crippen LogP contribution in [0.5, 0.6) is 5.75 Å². The summed E-state index contributed by atoms with van der Waals surface area (Å²) in [5, 5.41) is 9.96. The van der Waals surface area contributed by atoms with E-state index in [1.54, 1.807) is 6.07 Å². The molecule has 1 atom stereocenters. The van der Waals surface area contributed by atoms with Crippen LogP contribution in [-0.4, -0.2) is 5.11 Å². The van der Waals surface area contributed by atoms with Gasteiger partial charge in [0.15, 0.2) is 0 Å². The van der Waals surface area contributed by atoms with Crippen LogP contribution in [0.25, 0.3) is 0 Å². The van der Waals surface area contributed by atoms with Crippen LogP contribution in [-0.2, 0) is 0 Å². The van der Waals surface area contributed by atoms with Crippen molar-refractivity contribution < 1.29 is 5.11 Å². The van der Waals surface area contributed by atoms with Gasteiger partial charge in [-0.1, -0.05) is 89.3 Å². The van der Waals surface area contributed by atoms with Gasteiger partial charge in [-0.05, 0) is 12.5 Å². The molecular formula is C19H33BrOS. The number of hydrogen-bond donors (Lipinski definition) is 2. The molecule has 3 heteroatoms. The van der Waals surface area contributed by atoms with Crippen molar-refractivity contribution in [1.29, 1.82) is 0 Å². The summed E-state index contributed by atoms with van der Waals surface area (Å²) in [5.74, 6) is 0.379. The first-order chi connectivity index (χ1) is 10.3. The highest BCUT2D eigenvalue weighted by Crippen LogP contribution is 2.32. The largest absolute Gasteiger partial charge is 0.508 e. The fraction of sp³-hybridized carbons (Fsp3) is 0.684. The monoisotopic (exact) mass is 388 g/mol. The molecular weight excluding hydrogens is 356 g/mol. The quantitative estimate of drug-likeness (QED) is 0.285. The molecule has 0 bridgehead atoms. The van der Waals surface area contributed by atoms with Gasteiger partial charge in [-0.15, -0.1) is 17.0 Å². The van der Waals surface area contributed by atoms with Crippen molar-refractivity contribution >= 4 is 29.6 Å². The van der Waals surface area contributed by atoms with Crippen LogP contribution >= 0.6 is 29.6 Å². The van der Waals surface area contributed by atoms with Gasteiger partial charge in [-0.3, -0.25) is 0 Å². The molecule has 0 aliphatic heterocycles. The zero-order valence-electron chi connectivity index (χ0n) is 14.0. The summed E-state index contributed by atoms with van der Waals surface area (Å²) in [6.45, 7) is 2.27. The van der Waals surface area contributed by atoms with Crippen molar-refractivity contribution in [2.45, 2.75) is 82.8 Å². The third kappa shape index (κ3) is 9.78. The number of benzene rings is 1. The lowest BCUT2D eigenvalue weighted by molar-refractivity contribution is 0.465. The SMILES string of the molecule is Br.CCCCCCCCCCCCC(S)c1ccccc1O. The average Bonchev–Trinajstić information content (AvgIpc) is 2.49. The molecule has 22 heavy (non-hydrogen) atoms. The summed E-state index contributed by atoms with van der Waals surface area (Å²) in [6, 6.07) is 7.55. The summed E-state index contributed by atoms with van der Waals surface area (Å²) in [5.41, 5.74) is 0.969. The number of halogens is 1. The van der Waals surface area contributed by atoms with Crippen LogP contribution in [0.15, 0.2) is 24.3 Å². The summed E-state index contributed by atoms with van der Waals surface area (Å²) < 4.78 is 0. The molecule has 1 aromatic rings. The maximum atomic E-state index is 9.79. The number of thiol groups is 1. The molecule has 1 aromatic carbocycles. The fourth-order valence-corrected chi connectivity index (χ4v) is 3.15. The standard InChI is InChI=1S/C19H32OS.BrH/c1-2-3-4-5-6-7-8-9-10-11-16-19(21)17-14-12-13-15-18(17)20;/h12-15,19-21H,2-11,16H2,1H3;1H. The zero-order chi connectivity index (χ0) is 15.3. The van der Waals surface area contributed by atoms with Gasteiger partial charge in [0.2, 0.25) is 0 Å². The first kappa shape index (κ1) is 21.9. The Bertz CT molecular complexity index is 370. The van der Waals surface area contributed by atoms with Crippen molar-refractivity contribution in [2.75, 3.05) is 0 Å². The van der Waals surface area contributed by atoms with Crippen LogP contribution in [0.1, 0.15) is 88.4 Å². The second-order valence-electron chi connectivity index (χ2n) is 6.05. The molecule has 1 rings (SSSR count). The van der Waals surface area contributed by atoms with E-state index >= 15 is 0 Å². The summed E-state index contributed by atoms with van der Waals surface area (Å²) in [6.07, 6.45) is 14.6. The van der Waals surface area contributed by atoms with Gasteiger partial charge < -0.3 is 5.11 Å². The van der Waals surface area contributed by atoms with Crippen LogP contribution in [0.3, 0.4) is 0 Å². The van der Waals surface area contributed by atoms with Gasteiger partial charge in [0.25, 0.3) is 0 Å². The van der Waals surface area contributed by atoms with Crippen molar-refractivity contribution in [2.24, 2.45) is 0 Å². The van der Waals surface area contributed by atoms with E-state index in [9.17, 15) is 5.11 Å². The number of aromatic hydroxyl groups is 1. The van der Waals surface area contributed by atoms with Gasteiger partial charge in [-0.25, -0.2) is 0 Å². The second kappa shape index (κ2) is 14.4. The van der Waals surface area contributed by atoms with E-state index in [0.717, 1.165) is 12.0 Å². The Labute approximate surface area is 153 Å². The van der Waals surface area contributed by atoms with Gasteiger partial charge in [-0.2, -0.15) is 12.6 Å². The first-order valence-corrected chi connectivity index (χ1v) is 9.23. The molecule has 0 spiro atoms. The molecule has 0 aromatic heterocycles. The molecule has 0 aliphatic carbocycles. The minimum absolute atomic E-state index is 0. The van der Waals surface area contributed by atoms with Gasteiger partial charge >= 0.3 is 0 Å². The zero-order valence-corrected chi connectivity index (χ0v) is 16.6. The van der Waals surface area contributed by atoms with Gasteiger partial charge in [0.05, 0.1) is 0 Å². The molecule has 0 amide bonds. The predicted molar refractivity (Wildman–Crippen MR) is 107 cm³/mol. The Balaban J connectivity index is 0.00000441. The Hall–Kier alpha value is -0.150. The molecule has 0 saturated heterocycles. The Kier molecular flexibility index (Phi) is 14.3. The maximum Gasteiger partial charge on any atom is 0.119 e. The van der Waals surface area contributed by atoms with Crippen LogP contribution < -0.4 is 0 Å². The normalized spacial score (nSPS) is 11.9. The van der Waals surface area contributed by atoms with E-state index < -0.39 is 0 Å². The number of para-hydroxylation sites is 1. The van der Waals surface area contributed by atoms with Crippen molar-refractivity contribution in [3.8, 4) is 5.75 Å². The molecule has 1 nitrogen and oxygen atoms in total. The van der Waals surface area contributed by atoms with E-state index in [1.165, 1.54) is 64.2 Å². The topological polar surface area (TPSA) is 20.2 Å². The molecule has 0 aliphatic rings. The highest BCUT2D eigenvalue weighted by molar-refractivity contribution is 8.93. The molecule has 0 heterocycles. The van der Waals surface area contributed by atoms with Crippen molar-refractivity contribution in [1.82, 2.24) is 0 Å². The first-order valence-electron chi connectivity index (χ1n) is 8.71. The highest BCUT2D eigenvalue weighted by atomic mass is 79.9. The summed E-state index contributed by atoms with van der Waals surface area (Å²) in [4.78, 5) is 0. The van der Waals surface area contributed by atoms with E-state index in [4.69, 9.17) is 0 Å². The van der Waals surface area contributed by atoms with E-state index in [2.05, 4.69) is 19.6 Å². The number of unbranched alkanes of at least 4 members (excludes halogenated alkanes) is 9. The fourth-order valence-electron chi connectivity index (χ4n) is 2.75. The molecule has 0 radical (unpaired) electrons.